The zero-order valence-electron chi connectivity index (χ0n) is 16.3. The molecule has 2 aromatic rings. The van der Waals surface area contributed by atoms with Crippen LogP contribution in [0.4, 0.5) is 5.82 Å². The first-order chi connectivity index (χ1) is 13.2. The molecule has 4 heterocycles. The van der Waals surface area contributed by atoms with Gasteiger partial charge in [0.15, 0.2) is 0 Å². The van der Waals surface area contributed by atoms with Crippen LogP contribution in [0, 0.1) is 6.92 Å². The quantitative estimate of drug-likeness (QED) is 0.764. The summed E-state index contributed by atoms with van der Waals surface area (Å²) in [6, 6.07) is 3.64. The Kier molecular flexibility index (Phi) is 4.58. The van der Waals surface area contributed by atoms with Crippen molar-refractivity contribution in [3.8, 4) is 0 Å². The van der Waals surface area contributed by atoms with Crippen molar-refractivity contribution in [1.82, 2.24) is 19.2 Å². The largest absolute Gasteiger partial charge is 0.361 e. The number of hydrogen-bond acceptors (Lipinski definition) is 6. The summed E-state index contributed by atoms with van der Waals surface area (Å²) in [4.78, 5) is 14.7. The number of anilines is 1. The van der Waals surface area contributed by atoms with E-state index in [1.807, 2.05) is 23.7 Å². The second kappa shape index (κ2) is 6.70. The van der Waals surface area contributed by atoms with Crippen LogP contribution >= 0.6 is 0 Å². The van der Waals surface area contributed by atoms with Gasteiger partial charge in [0.05, 0.1) is 30.0 Å². The Hall–Kier alpha value is -2.20. The van der Waals surface area contributed by atoms with Gasteiger partial charge >= 0.3 is 0 Å². The molecule has 0 saturated carbocycles. The molecule has 1 amide bonds. The molecule has 1 fully saturated rings. The first-order valence-corrected chi connectivity index (χ1v) is 11.0. The van der Waals surface area contributed by atoms with Gasteiger partial charge in [0.2, 0.25) is 15.9 Å². The van der Waals surface area contributed by atoms with Gasteiger partial charge in [-0.3, -0.25) is 9.69 Å². The second-order valence-electron chi connectivity index (χ2n) is 7.90. The molecule has 0 radical (unpaired) electrons. The van der Waals surface area contributed by atoms with Crippen LogP contribution in [0.1, 0.15) is 44.6 Å². The maximum atomic E-state index is 13.0. The minimum Gasteiger partial charge on any atom is -0.361 e. The van der Waals surface area contributed by atoms with Crippen LogP contribution in [-0.2, 0) is 26.9 Å². The van der Waals surface area contributed by atoms with Crippen molar-refractivity contribution < 1.29 is 17.7 Å². The number of carbonyl (C=O) groups excluding carboxylic acids is 1. The Labute approximate surface area is 164 Å². The average Bonchev–Trinajstić information content (AvgIpc) is 3.28. The molecule has 2 aliphatic heterocycles. The highest BCUT2D eigenvalue weighted by Crippen LogP contribution is 2.41. The lowest BCUT2D eigenvalue weighted by molar-refractivity contribution is -0.122. The van der Waals surface area contributed by atoms with Gasteiger partial charge in [0.25, 0.3) is 0 Å². The van der Waals surface area contributed by atoms with Crippen molar-refractivity contribution in [2.45, 2.75) is 57.4 Å². The normalized spacial score (nSPS) is 20.1. The number of aromatic nitrogens is 3. The summed E-state index contributed by atoms with van der Waals surface area (Å²) in [5, 5.41) is 8.04. The van der Waals surface area contributed by atoms with Crippen LogP contribution in [0.5, 0.6) is 0 Å². The topological polar surface area (TPSA) is 102 Å². The van der Waals surface area contributed by atoms with E-state index >= 15 is 0 Å². The molecule has 4 rings (SSSR count). The summed E-state index contributed by atoms with van der Waals surface area (Å²) in [5.74, 6) is 1.41. The minimum atomic E-state index is -3.29. The van der Waals surface area contributed by atoms with Crippen LogP contribution in [0.15, 0.2) is 22.9 Å². The molecule has 0 unspecified atom stereocenters. The van der Waals surface area contributed by atoms with E-state index in [2.05, 4.69) is 10.3 Å². The van der Waals surface area contributed by atoms with E-state index in [-0.39, 0.29) is 5.91 Å². The summed E-state index contributed by atoms with van der Waals surface area (Å²) in [7, 11) is -3.29. The van der Waals surface area contributed by atoms with Gasteiger partial charge in [-0.2, -0.15) is 5.10 Å². The summed E-state index contributed by atoms with van der Waals surface area (Å²) < 4.78 is 33.5. The second-order valence-corrected chi connectivity index (χ2v) is 10.4. The predicted octanol–water partition coefficient (Wildman–Crippen LogP) is 1.65. The number of hydrogen-bond donors (Lipinski definition) is 0. The average molecular weight is 407 g/mol. The van der Waals surface area contributed by atoms with Gasteiger partial charge in [-0.15, -0.1) is 0 Å². The Bertz CT molecular complexity index is 985. The fourth-order valence-corrected chi connectivity index (χ4v) is 5.40. The Morgan fingerprint density at radius 1 is 1.29 bits per heavy atom. The van der Waals surface area contributed by atoms with Crippen molar-refractivity contribution >= 4 is 21.7 Å². The third-order valence-electron chi connectivity index (χ3n) is 5.74. The van der Waals surface area contributed by atoms with Crippen molar-refractivity contribution in [2.75, 3.05) is 18.0 Å². The smallest absolute Gasteiger partial charge is 0.230 e. The third kappa shape index (κ3) is 3.04. The van der Waals surface area contributed by atoms with Gasteiger partial charge in [-0.25, -0.2) is 17.4 Å². The minimum absolute atomic E-state index is 0.00572. The lowest BCUT2D eigenvalue weighted by Gasteiger charge is -2.46. The van der Waals surface area contributed by atoms with Crippen molar-refractivity contribution in [3.05, 3.63) is 29.8 Å². The number of nitrogens with zero attached hydrogens (tertiary/aromatic N) is 5. The highest BCUT2D eigenvalue weighted by Gasteiger charge is 2.47. The zero-order valence-corrected chi connectivity index (χ0v) is 17.1. The number of piperidine rings is 1. The summed E-state index contributed by atoms with van der Waals surface area (Å²) >= 11 is 0. The fourth-order valence-electron chi connectivity index (χ4n) is 4.11. The van der Waals surface area contributed by atoms with E-state index in [4.69, 9.17) is 4.52 Å². The monoisotopic (exact) mass is 407 g/mol. The molecule has 152 valence electrons. The molecule has 2 aromatic heterocycles. The van der Waals surface area contributed by atoms with Gasteiger partial charge < -0.3 is 4.52 Å². The maximum absolute atomic E-state index is 13.0. The molecule has 10 heteroatoms. The Morgan fingerprint density at radius 3 is 2.61 bits per heavy atom. The SMILES string of the molecule is Cc1cc(CN2C(=O)CC3(CCN(S(=O)(=O)C(C)C)CC3)n3nccc32)no1. The number of amides is 1. The Balaban J connectivity index is 1.59. The highest BCUT2D eigenvalue weighted by molar-refractivity contribution is 7.89. The van der Waals surface area contributed by atoms with Gasteiger partial charge in [0.1, 0.15) is 17.3 Å². The van der Waals surface area contributed by atoms with E-state index < -0.39 is 20.8 Å². The molecule has 9 nitrogen and oxygen atoms in total. The zero-order chi connectivity index (χ0) is 20.1. The van der Waals surface area contributed by atoms with Gasteiger partial charge in [0, 0.05) is 25.2 Å². The molecule has 0 atom stereocenters. The van der Waals surface area contributed by atoms with Crippen LogP contribution in [0.25, 0.3) is 0 Å². The fraction of sp³-hybridized carbons (Fsp3) is 0.611. The predicted molar refractivity (Wildman–Crippen MR) is 102 cm³/mol. The first-order valence-electron chi connectivity index (χ1n) is 9.49. The van der Waals surface area contributed by atoms with Crippen molar-refractivity contribution in [1.29, 1.82) is 0 Å². The number of fused-ring (bicyclic) bond motifs is 2. The lowest BCUT2D eigenvalue weighted by atomic mass is 9.83. The van der Waals surface area contributed by atoms with E-state index in [0.29, 0.717) is 50.4 Å². The van der Waals surface area contributed by atoms with Crippen LogP contribution < -0.4 is 4.90 Å². The molecule has 2 aliphatic rings. The van der Waals surface area contributed by atoms with E-state index in [9.17, 15) is 13.2 Å². The molecule has 0 N–H and O–H groups in total. The molecular formula is C18H25N5O4S. The van der Waals surface area contributed by atoms with E-state index in [1.54, 1.807) is 29.2 Å². The molecule has 1 saturated heterocycles. The van der Waals surface area contributed by atoms with E-state index in [1.165, 1.54) is 0 Å². The molecule has 0 bridgehead atoms. The summed E-state index contributed by atoms with van der Waals surface area (Å²) in [6.07, 6.45) is 3.12. The number of rotatable bonds is 4. The van der Waals surface area contributed by atoms with Crippen LogP contribution in [0.3, 0.4) is 0 Å². The molecular weight excluding hydrogens is 382 g/mol. The number of carbonyl (C=O) groups is 1. The molecule has 1 spiro atoms. The first kappa shape index (κ1) is 19.1. The number of aryl methyl sites for hydroxylation is 1. The highest BCUT2D eigenvalue weighted by atomic mass is 32.2. The Morgan fingerprint density at radius 2 is 2.00 bits per heavy atom. The molecule has 28 heavy (non-hydrogen) atoms. The summed E-state index contributed by atoms with van der Waals surface area (Å²) in [6.45, 7) is 6.32. The molecule has 0 aliphatic carbocycles. The van der Waals surface area contributed by atoms with Crippen LogP contribution in [-0.4, -0.2) is 51.9 Å². The third-order valence-corrected chi connectivity index (χ3v) is 8.01. The van der Waals surface area contributed by atoms with Crippen LogP contribution in [0.2, 0.25) is 0 Å². The number of sulfonamides is 1. The van der Waals surface area contributed by atoms with Gasteiger partial charge in [-0.05, 0) is 33.6 Å². The summed E-state index contributed by atoms with van der Waals surface area (Å²) in [5.41, 5.74) is 0.210. The standard InChI is InChI=1S/C18H25N5O4S/c1-13(2)28(25,26)21-8-5-18(6-9-21)11-17(24)22(16-4-7-19-23(16)18)12-15-10-14(3)27-20-15/h4,7,10,13H,5-6,8-9,11-12H2,1-3H3. The van der Waals surface area contributed by atoms with Crippen molar-refractivity contribution in [2.24, 2.45) is 0 Å². The van der Waals surface area contributed by atoms with Gasteiger partial charge in [-0.1, -0.05) is 5.16 Å². The molecule has 0 aromatic carbocycles. The maximum Gasteiger partial charge on any atom is 0.230 e. The van der Waals surface area contributed by atoms with E-state index in [0.717, 1.165) is 5.82 Å². The lowest BCUT2D eigenvalue weighted by Crippen LogP contribution is -2.55. The van der Waals surface area contributed by atoms with Crippen molar-refractivity contribution in [3.63, 3.8) is 0 Å².